The lowest BCUT2D eigenvalue weighted by atomic mass is 9.85. The van der Waals surface area contributed by atoms with Gasteiger partial charge in [-0.2, -0.15) is 5.21 Å². The number of carbonyl (C=O) groups excluding carboxylic acids is 8. The molecular formula is C57H97N9O15S3. The van der Waals surface area contributed by atoms with Crippen molar-refractivity contribution < 1.29 is 76.0 Å². The Hall–Kier alpha value is -5.96. The summed E-state index contributed by atoms with van der Waals surface area (Å²) in [5.74, 6) is -8.54. The molecule has 1 fully saturated rings. The molecule has 84 heavy (non-hydrogen) atoms. The number of nitrogens with two attached hydrogens (primary N) is 1. The van der Waals surface area contributed by atoms with E-state index in [2.05, 4.69) is 55.1 Å². The second-order valence-corrected chi connectivity index (χ2v) is 25.7. The molecule has 3 rings (SSSR count). The fourth-order valence-corrected chi connectivity index (χ4v) is 12.8. The van der Waals surface area contributed by atoms with E-state index in [9.17, 15) is 71.7 Å². The van der Waals surface area contributed by atoms with E-state index in [1.807, 2.05) is 0 Å². The molecule has 1 unspecified atom stereocenters. The highest BCUT2D eigenvalue weighted by molar-refractivity contribution is 8.76. The highest BCUT2D eigenvalue weighted by Crippen LogP contribution is 2.34. The van der Waals surface area contributed by atoms with E-state index in [0.717, 1.165) is 37.9 Å². The number of aryl methyl sites for hydroxylation is 1. The molecule has 1 aliphatic rings. The van der Waals surface area contributed by atoms with E-state index in [1.54, 1.807) is 12.1 Å². The van der Waals surface area contributed by atoms with Gasteiger partial charge in [0, 0.05) is 97.9 Å². The molecular weight excluding hydrogens is 1150 g/mol. The van der Waals surface area contributed by atoms with Crippen LogP contribution in [0.15, 0.2) is 24.3 Å². The fourth-order valence-electron chi connectivity index (χ4n) is 9.03. The smallest absolute Gasteiger partial charge is 0.326 e. The predicted molar refractivity (Wildman–Crippen MR) is 326 cm³/mol. The van der Waals surface area contributed by atoms with Gasteiger partial charge in [0.2, 0.25) is 39.6 Å². The number of phenols is 1. The lowest BCUT2D eigenvalue weighted by Crippen LogP contribution is -2.44. The number of aliphatic carboxylic acids is 2. The molecule has 10 N–H and O–H groups in total. The van der Waals surface area contributed by atoms with Gasteiger partial charge in [-0.05, 0) is 69.1 Å². The number of hydrogen-bond acceptors (Lipinski definition) is 18. The van der Waals surface area contributed by atoms with Crippen LogP contribution in [0.5, 0.6) is 5.75 Å². The Labute approximate surface area is 506 Å². The lowest BCUT2D eigenvalue weighted by Gasteiger charge is -2.25. The van der Waals surface area contributed by atoms with E-state index < -0.39 is 94.1 Å². The van der Waals surface area contributed by atoms with E-state index in [0.29, 0.717) is 31.2 Å². The third-order valence-electron chi connectivity index (χ3n) is 14.0. The number of hydrogen-bond donors (Lipinski definition) is 9. The van der Waals surface area contributed by atoms with Crippen LogP contribution in [0.1, 0.15) is 203 Å². The number of sulfonamides is 1. The van der Waals surface area contributed by atoms with Crippen LogP contribution in [0.4, 0.5) is 0 Å². The van der Waals surface area contributed by atoms with Gasteiger partial charge in [0.1, 0.15) is 23.4 Å². The maximum atomic E-state index is 13.6. The van der Waals surface area contributed by atoms with Crippen LogP contribution in [-0.2, 0) is 70.8 Å². The van der Waals surface area contributed by atoms with Gasteiger partial charge < -0.3 is 37.0 Å². The molecule has 1 aromatic heterocycles. The summed E-state index contributed by atoms with van der Waals surface area (Å²) in [6.07, 6.45) is 14.7. The fraction of sp³-hybridized carbons (Fsp3) is 0.702. The van der Waals surface area contributed by atoms with Crippen LogP contribution in [-0.4, -0.2) is 139 Å². The maximum absolute atomic E-state index is 13.6. The Morgan fingerprint density at radius 2 is 1.29 bits per heavy atom. The quantitative estimate of drug-likeness (QED) is 0.0235. The second-order valence-electron chi connectivity index (χ2n) is 21.3. The number of carboxylic acid groups (broad SMARTS) is 2. The molecule has 1 saturated heterocycles. The zero-order valence-corrected chi connectivity index (χ0v) is 51.4. The molecule has 0 spiro atoms. The third-order valence-corrected chi connectivity index (χ3v) is 17.9. The summed E-state index contributed by atoms with van der Waals surface area (Å²) < 4.78 is 26.7. The number of unbranched alkanes of at least 4 members (excludes halogenated alkanes) is 13. The number of rotatable bonds is 44. The molecule has 0 radical (unpaired) electrons. The largest absolute Gasteiger partial charge is 0.508 e. The van der Waals surface area contributed by atoms with Crippen molar-refractivity contribution in [3.05, 3.63) is 35.7 Å². The van der Waals surface area contributed by atoms with E-state index in [4.69, 9.17) is 5.73 Å². The van der Waals surface area contributed by atoms with E-state index >= 15 is 0 Å². The SMILES string of the molecule is CCCCCCCCCCCC(=O)NS(=O)(=O)CCCC(=O)NCCCCCC(=O)NC(CCC(=O)N[C@@H](CCC(=O)O)C(=O)C[C@H]1CSSC[C@@H](C(=O)C[C@@H](Cc2ccc(O)cc2)C(N)=O)CC1=O)C(=O)O.CCCCCCc1nn[nH]n1.[HH].[HH].[HH]. The van der Waals surface area contributed by atoms with Crippen LogP contribution in [0.25, 0.3) is 0 Å². The summed E-state index contributed by atoms with van der Waals surface area (Å²) >= 11 is 0. The molecule has 27 heteroatoms. The van der Waals surface area contributed by atoms with Crippen molar-refractivity contribution in [1.29, 1.82) is 0 Å². The van der Waals surface area contributed by atoms with Gasteiger partial charge >= 0.3 is 11.9 Å². The Bertz CT molecular complexity index is 2470. The van der Waals surface area contributed by atoms with Crippen molar-refractivity contribution in [3.8, 4) is 5.75 Å². The van der Waals surface area contributed by atoms with Crippen LogP contribution in [0.2, 0.25) is 0 Å². The minimum atomic E-state index is -3.87. The van der Waals surface area contributed by atoms with Crippen LogP contribution < -0.4 is 26.4 Å². The molecule has 1 aliphatic heterocycles. The topological polar surface area (TPSA) is 394 Å². The number of ketones is 3. The summed E-state index contributed by atoms with van der Waals surface area (Å²) in [7, 11) is -1.26. The number of nitrogens with one attached hydrogen (secondary N) is 5. The van der Waals surface area contributed by atoms with E-state index in [-0.39, 0.29) is 116 Å². The van der Waals surface area contributed by atoms with Gasteiger partial charge in [-0.15, -0.1) is 10.2 Å². The molecule has 5 amide bonds. The Morgan fingerprint density at radius 1 is 0.714 bits per heavy atom. The van der Waals surface area contributed by atoms with Crippen molar-refractivity contribution in [2.24, 2.45) is 23.5 Å². The lowest BCUT2D eigenvalue weighted by molar-refractivity contribution is -0.142. The normalized spacial score (nSPS) is 15.4. The van der Waals surface area contributed by atoms with Gasteiger partial charge in [-0.1, -0.05) is 130 Å². The number of aromatic hydroxyl groups is 1. The first kappa shape index (κ1) is 74.1. The summed E-state index contributed by atoms with van der Waals surface area (Å²) in [4.78, 5) is 126. The summed E-state index contributed by atoms with van der Waals surface area (Å²) in [5, 5.41) is 49.9. The molecule has 2 heterocycles. The summed E-state index contributed by atoms with van der Waals surface area (Å²) in [5.41, 5.74) is 6.29. The van der Waals surface area contributed by atoms with Crippen LogP contribution >= 0.6 is 21.6 Å². The Morgan fingerprint density at radius 3 is 1.90 bits per heavy atom. The number of carboxylic acids is 2. The van der Waals surface area contributed by atoms with Gasteiger partial charge in [-0.25, -0.2) is 13.2 Å². The van der Waals surface area contributed by atoms with E-state index in [1.165, 1.54) is 85.1 Å². The van der Waals surface area contributed by atoms with Crippen molar-refractivity contribution in [2.75, 3.05) is 23.8 Å². The number of aromatic nitrogens is 4. The third kappa shape index (κ3) is 35.4. The molecule has 0 aliphatic carbocycles. The number of benzene rings is 1. The highest BCUT2D eigenvalue weighted by atomic mass is 33.1. The van der Waals surface area contributed by atoms with Gasteiger partial charge in [0.15, 0.2) is 11.6 Å². The number of H-pyrrole nitrogens is 1. The first-order chi connectivity index (χ1) is 40.1. The zero-order chi connectivity index (χ0) is 62.1. The van der Waals surface area contributed by atoms with Crippen molar-refractivity contribution in [2.45, 2.75) is 212 Å². The molecule has 0 saturated carbocycles. The minimum Gasteiger partial charge on any atom is -0.508 e. The minimum absolute atomic E-state index is 0. The number of aromatic amines is 1. The molecule has 1 aromatic carbocycles. The number of primary amides is 1. The monoisotopic (exact) mass is 1240 g/mol. The van der Waals surface area contributed by atoms with Gasteiger partial charge in [-0.3, -0.25) is 47.9 Å². The molecule has 478 valence electrons. The number of nitrogens with zero attached hydrogens (tertiary/aromatic N) is 3. The zero-order valence-electron chi connectivity index (χ0n) is 48.9. The Kier molecular flexibility index (Phi) is 38.5. The molecule has 0 bridgehead atoms. The van der Waals surface area contributed by atoms with Gasteiger partial charge in [0.05, 0.1) is 11.8 Å². The summed E-state index contributed by atoms with van der Waals surface area (Å²) in [6, 6.07) is 3.32. The maximum Gasteiger partial charge on any atom is 0.326 e. The average molecular weight is 1240 g/mol. The Balaban J connectivity index is 0. The number of Topliss-reactive ketones (excluding diaryl/α,β-unsaturated/α-hetero) is 3. The average Bonchev–Trinajstić information content (AvgIpc) is 3.73. The number of tetrazole rings is 1. The van der Waals surface area contributed by atoms with Crippen molar-refractivity contribution >= 4 is 90.4 Å². The second kappa shape index (κ2) is 43.6. The number of phenolic OH excluding ortho intramolecular Hbond substituents is 1. The van der Waals surface area contributed by atoms with Crippen molar-refractivity contribution in [1.82, 2.24) is 41.3 Å². The molecule has 2 aromatic rings. The summed E-state index contributed by atoms with van der Waals surface area (Å²) in [6.45, 7) is 4.63. The molecule has 24 nitrogen and oxygen atoms in total. The standard InChI is InChI=1S/C50H77N5O15S3.C7H14N4.3H2/c1-2-3-4-5-6-7-8-9-11-16-47(63)55-73(69,70)27-14-17-44(60)52-26-13-10-12-15-45(61)54-40(50(67)68)22-24-46(62)53-39(23-25-48(64)65)43(59)31-37-33-72-71-32-36(30-42(37)58)41(57)29-35(49(51)66)28-34-18-20-38(56)21-19-34;1-2-3-4-5-6-7-8-10-11-9-7;;;/h18-21,35-37,39-40,56H,2-17,22-33H2,1H3,(H2,51,66)(H,52,60)(H,53,62)(H,54,61)(H,55,63)(H,64,65)(H,67,68);2-6H2,1H3,(H,8,9,10,11);3*1H/t35-,36+,37+,39+,40?;;;;/m1..../s1. The van der Waals surface area contributed by atoms with Crippen LogP contribution in [0, 0.1) is 17.8 Å². The van der Waals surface area contributed by atoms with Crippen molar-refractivity contribution in [3.63, 3.8) is 0 Å². The number of carbonyl (C=O) groups is 10. The van der Waals surface area contributed by atoms with Gasteiger partial charge in [0.25, 0.3) is 0 Å². The first-order valence-electron chi connectivity index (χ1n) is 29.6. The van der Waals surface area contributed by atoms with Crippen LogP contribution in [0.3, 0.4) is 0 Å². The number of amides is 5. The molecule has 5 atom stereocenters. The first-order valence-corrected chi connectivity index (χ1v) is 33.7. The predicted octanol–water partition coefficient (Wildman–Crippen LogP) is 7.12. The highest BCUT2D eigenvalue weighted by Gasteiger charge is 2.34.